The summed E-state index contributed by atoms with van der Waals surface area (Å²) in [6, 6.07) is 0. The lowest BCUT2D eigenvalue weighted by atomic mass is 10.1. The summed E-state index contributed by atoms with van der Waals surface area (Å²) in [5.41, 5.74) is 0. The zero-order valence-electron chi connectivity index (χ0n) is 13.9. The maximum Gasteiger partial charge on any atom is 0.303 e. The van der Waals surface area contributed by atoms with Gasteiger partial charge >= 0.3 is 5.97 Å². The summed E-state index contributed by atoms with van der Waals surface area (Å²) in [5.74, 6) is -0.708. The number of aliphatic carboxylic acids is 1. The maximum atomic E-state index is 10.3. The van der Waals surface area contributed by atoms with Crippen molar-refractivity contribution in [2.75, 3.05) is 0 Å². The fraction of sp³-hybridized carbons (Fsp3) is 0.722. The monoisotopic (exact) mass is 312 g/mol. The summed E-state index contributed by atoms with van der Waals surface area (Å²) < 4.78 is 0. The van der Waals surface area contributed by atoms with E-state index in [0.717, 1.165) is 44.9 Å². The highest BCUT2D eigenvalue weighted by Gasteiger charge is 1.98. The van der Waals surface area contributed by atoms with Gasteiger partial charge in [-0.25, -0.2) is 4.89 Å². The van der Waals surface area contributed by atoms with Crippen LogP contribution in [0, 0.1) is 0 Å². The van der Waals surface area contributed by atoms with Crippen molar-refractivity contribution in [3.63, 3.8) is 0 Å². The molecule has 0 saturated carbocycles. The molecule has 0 aromatic rings. The first kappa shape index (κ1) is 20.9. The Kier molecular flexibility index (Phi) is 15.4. The van der Waals surface area contributed by atoms with E-state index in [2.05, 4.69) is 17.9 Å². The Labute approximate surface area is 134 Å². The molecule has 0 amide bonds. The molecule has 0 bridgehead atoms. The lowest BCUT2D eigenvalue weighted by Gasteiger charge is -2.03. The molecule has 2 N–H and O–H groups in total. The topological polar surface area (TPSA) is 66.8 Å². The van der Waals surface area contributed by atoms with Crippen LogP contribution in [0.3, 0.4) is 0 Å². The number of hydrogen-bond donors (Lipinski definition) is 2. The van der Waals surface area contributed by atoms with Crippen molar-refractivity contribution in [1.29, 1.82) is 0 Å². The second-order valence-electron chi connectivity index (χ2n) is 5.62. The van der Waals surface area contributed by atoms with Gasteiger partial charge in [0, 0.05) is 6.42 Å². The molecular formula is C18H32O4. The minimum Gasteiger partial charge on any atom is -0.481 e. The Balaban J connectivity index is 3.56. The Morgan fingerprint density at radius 2 is 1.50 bits per heavy atom. The average molecular weight is 312 g/mol. The summed E-state index contributed by atoms with van der Waals surface area (Å²) in [6.07, 6.45) is 18.4. The fourth-order valence-electron chi connectivity index (χ4n) is 2.18. The summed E-state index contributed by atoms with van der Waals surface area (Å²) in [4.78, 5) is 14.8. The van der Waals surface area contributed by atoms with Gasteiger partial charge in [0.05, 0.1) is 0 Å². The molecule has 0 spiro atoms. The first-order valence-corrected chi connectivity index (χ1v) is 8.56. The maximum absolute atomic E-state index is 10.3. The van der Waals surface area contributed by atoms with Crippen LogP contribution in [-0.2, 0) is 9.68 Å². The van der Waals surface area contributed by atoms with Gasteiger partial charge in [-0.3, -0.25) is 10.1 Å². The van der Waals surface area contributed by atoms with Crippen LogP contribution in [0.2, 0.25) is 0 Å². The van der Waals surface area contributed by atoms with Crippen molar-refractivity contribution in [2.24, 2.45) is 0 Å². The molecule has 0 fully saturated rings. The van der Waals surface area contributed by atoms with E-state index in [-0.39, 0.29) is 12.5 Å². The van der Waals surface area contributed by atoms with Crippen molar-refractivity contribution in [3.8, 4) is 0 Å². The number of unbranched alkanes of at least 4 members (excludes halogenated alkanes) is 8. The zero-order chi connectivity index (χ0) is 16.5. The second kappa shape index (κ2) is 16.2. The first-order chi connectivity index (χ1) is 10.7. The molecule has 0 aromatic heterocycles. The number of carbonyl (C=O) groups is 1. The van der Waals surface area contributed by atoms with Crippen molar-refractivity contribution in [1.82, 2.24) is 0 Å². The highest BCUT2D eigenvalue weighted by molar-refractivity contribution is 5.66. The molecule has 1 atom stereocenters. The van der Waals surface area contributed by atoms with Crippen LogP contribution in [0.1, 0.15) is 77.6 Å². The van der Waals surface area contributed by atoms with Crippen LogP contribution in [0.4, 0.5) is 0 Å². The van der Waals surface area contributed by atoms with Crippen LogP contribution in [0.5, 0.6) is 0 Å². The summed E-state index contributed by atoms with van der Waals surface area (Å²) in [6.45, 7) is 2.18. The quantitative estimate of drug-likeness (QED) is 0.185. The zero-order valence-corrected chi connectivity index (χ0v) is 13.9. The van der Waals surface area contributed by atoms with Gasteiger partial charge in [-0.15, -0.1) is 0 Å². The van der Waals surface area contributed by atoms with E-state index in [1.54, 1.807) is 0 Å². The third-order valence-electron chi connectivity index (χ3n) is 3.51. The van der Waals surface area contributed by atoms with E-state index in [1.807, 2.05) is 18.2 Å². The van der Waals surface area contributed by atoms with Gasteiger partial charge in [-0.1, -0.05) is 63.3 Å². The Bertz CT molecular complexity index is 310. The average Bonchev–Trinajstić information content (AvgIpc) is 2.50. The molecule has 0 aliphatic heterocycles. The lowest BCUT2D eigenvalue weighted by molar-refractivity contribution is -0.254. The van der Waals surface area contributed by atoms with Gasteiger partial charge in [0.25, 0.3) is 0 Å². The minimum absolute atomic E-state index is 0.278. The molecule has 0 saturated heterocycles. The summed E-state index contributed by atoms with van der Waals surface area (Å²) >= 11 is 0. The Hall–Kier alpha value is -1.13. The number of carboxylic acids is 1. The number of carboxylic acid groups (broad SMARTS) is 1. The molecule has 4 nitrogen and oxygen atoms in total. The molecule has 0 unspecified atom stereocenters. The van der Waals surface area contributed by atoms with Crippen LogP contribution >= 0.6 is 0 Å². The van der Waals surface area contributed by atoms with Crippen LogP contribution in [0.25, 0.3) is 0 Å². The molecule has 0 rings (SSSR count). The molecule has 0 heterocycles. The smallest absolute Gasteiger partial charge is 0.303 e. The predicted octanol–water partition coefficient (Wildman–Crippen LogP) is 5.35. The van der Waals surface area contributed by atoms with Crippen molar-refractivity contribution < 1.29 is 20.0 Å². The number of rotatable bonds is 15. The van der Waals surface area contributed by atoms with E-state index in [1.165, 1.54) is 19.3 Å². The van der Waals surface area contributed by atoms with Crippen LogP contribution < -0.4 is 0 Å². The van der Waals surface area contributed by atoms with Gasteiger partial charge in [0.2, 0.25) is 0 Å². The van der Waals surface area contributed by atoms with E-state index >= 15 is 0 Å². The SMILES string of the molecule is CCCCC/C=C\[C@H](/C=C\CCCCCCCC(=O)O)OO. The van der Waals surface area contributed by atoms with Crippen LogP contribution in [-0.4, -0.2) is 22.4 Å². The highest BCUT2D eigenvalue weighted by Crippen LogP contribution is 2.08. The van der Waals surface area contributed by atoms with Gasteiger partial charge in [-0.2, -0.15) is 0 Å². The molecule has 0 aliphatic carbocycles. The van der Waals surface area contributed by atoms with Gasteiger partial charge in [0.15, 0.2) is 0 Å². The third kappa shape index (κ3) is 15.3. The molecule has 128 valence electrons. The third-order valence-corrected chi connectivity index (χ3v) is 3.51. The molecule has 0 radical (unpaired) electrons. The van der Waals surface area contributed by atoms with E-state index in [4.69, 9.17) is 10.4 Å². The minimum atomic E-state index is -0.708. The van der Waals surface area contributed by atoms with Gasteiger partial charge in [0.1, 0.15) is 6.10 Å². The van der Waals surface area contributed by atoms with Crippen molar-refractivity contribution in [2.45, 2.75) is 83.7 Å². The van der Waals surface area contributed by atoms with E-state index in [9.17, 15) is 4.79 Å². The highest BCUT2D eigenvalue weighted by atomic mass is 17.1. The molecular weight excluding hydrogens is 280 g/mol. The molecule has 0 aromatic carbocycles. The standard InChI is InChI=1S/C18H32O4/c1-2-3-4-8-11-14-17(22-21)15-12-9-6-5-7-10-13-16-18(19)20/h11-12,14-15,17,21H,2-10,13,16H2,1H3,(H,19,20)/b14-11-,15-12-/t17-/m1/s1. The predicted molar refractivity (Wildman–Crippen MR) is 89.9 cm³/mol. The van der Waals surface area contributed by atoms with Gasteiger partial charge in [-0.05, 0) is 32.1 Å². The van der Waals surface area contributed by atoms with E-state index in [0.29, 0.717) is 0 Å². The van der Waals surface area contributed by atoms with Gasteiger partial charge < -0.3 is 5.11 Å². The van der Waals surface area contributed by atoms with E-state index < -0.39 is 5.97 Å². The number of hydrogen-bond acceptors (Lipinski definition) is 3. The number of allylic oxidation sites excluding steroid dienone is 2. The Morgan fingerprint density at radius 1 is 0.955 bits per heavy atom. The lowest BCUT2D eigenvalue weighted by Crippen LogP contribution is -2.02. The second-order valence-corrected chi connectivity index (χ2v) is 5.62. The largest absolute Gasteiger partial charge is 0.481 e. The molecule has 4 heteroatoms. The molecule has 22 heavy (non-hydrogen) atoms. The van der Waals surface area contributed by atoms with Crippen molar-refractivity contribution >= 4 is 5.97 Å². The Morgan fingerprint density at radius 3 is 2.05 bits per heavy atom. The summed E-state index contributed by atoms with van der Waals surface area (Å²) in [7, 11) is 0. The molecule has 0 aliphatic rings. The fourth-order valence-corrected chi connectivity index (χ4v) is 2.18. The first-order valence-electron chi connectivity index (χ1n) is 8.56. The van der Waals surface area contributed by atoms with Crippen LogP contribution in [0.15, 0.2) is 24.3 Å². The normalized spacial score (nSPS) is 13.2. The summed E-state index contributed by atoms with van der Waals surface area (Å²) in [5, 5.41) is 17.3. The van der Waals surface area contributed by atoms with Crippen molar-refractivity contribution in [3.05, 3.63) is 24.3 Å².